The van der Waals surface area contributed by atoms with E-state index >= 15 is 0 Å². The van der Waals surface area contributed by atoms with Crippen LogP contribution in [0.2, 0.25) is 0 Å². The normalized spacial score (nSPS) is 18.2. The Morgan fingerprint density at radius 3 is 2.67 bits per heavy atom. The number of aryl methyl sites for hydroxylation is 1. The van der Waals surface area contributed by atoms with Crippen LogP contribution in [0.5, 0.6) is 0 Å². The van der Waals surface area contributed by atoms with Crippen LogP contribution in [0, 0.1) is 6.92 Å². The molecule has 1 N–H and O–H groups in total. The summed E-state index contributed by atoms with van der Waals surface area (Å²) in [5, 5.41) is 2.95. The fourth-order valence-corrected chi connectivity index (χ4v) is 2.64. The monoisotopic (exact) mass is 322 g/mol. The maximum absolute atomic E-state index is 12.5. The molecule has 0 unspecified atom stereocenters. The van der Waals surface area contributed by atoms with Gasteiger partial charge in [-0.25, -0.2) is 4.99 Å². The van der Waals surface area contributed by atoms with Gasteiger partial charge in [-0.1, -0.05) is 48.9 Å². The van der Waals surface area contributed by atoms with Crippen molar-refractivity contribution in [1.29, 1.82) is 0 Å². The van der Waals surface area contributed by atoms with Crippen molar-refractivity contribution >= 4 is 17.3 Å². The first kappa shape index (κ1) is 16.4. The zero-order chi connectivity index (χ0) is 17.1. The SMILES string of the molecule is CC[C@H](C)O[C@@H]1N=C(c2ccccc2)c2cc(C)ccc2NC1=O. The minimum Gasteiger partial charge on any atom is -0.345 e. The summed E-state index contributed by atoms with van der Waals surface area (Å²) >= 11 is 0. The summed E-state index contributed by atoms with van der Waals surface area (Å²) in [5.74, 6) is -0.230. The van der Waals surface area contributed by atoms with Gasteiger partial charge in [0, 0.05) is 11.1 Å². The van der Waals surface area contributed by atoms with Crippen LogP contribution in [0.15, 0.2) is 53.5 Å². The second kappa shape index (κ2) is 6.97. The number of hydrogen-bond donors (Lipinski definition) is 1. The molecule has 4 heteroatoms. The number of carbonyl (C=O) groups excluding carboxylic acids is 1. The Labute approximate surface area is 142 Å². The van der Waals surface area contributed by atoms with Gasteiger partial charge >= 0.3 is 0 Å². The van der Waals surface area contributed by atoms with E-state index in [2.05, 4.69) is 10.3 Å². The molecule has 0 aromatic heterocycles. The highest BCUT2D eigenvalue weighted by atomic mass is 16.5. The molecular formula is C20H22N2O2. The van der Waals surface area contributed by atoms with Crippen LogP contribution in [0.3, 0.4) is 0 Å². The van der Waals surface area contributed by atoms with E-state index in [4.69, 9.17) is 4.74 Å². The fourth-order valence-electron chi connectivity index (χ4n) is 2.64. The van der Waals surface area contributed by atoms with Crippen molar-refractivity contribution in [1.82, 2.24) is 0 Å². The van der Waals surface area contributed by atoms with E-state index in [0.717, 1.165) is 34.5 Å². The molecule has 0 spiro atoms. The highest BCUT2D eigenvalue weighted by Crippen LogP contribution is 2.26. The number of benzene rings is 2. The zero-order valence-corrected chi connectivity index (χ0v) is 14.2. The summed E-state index contributed by atoms with van der Waals surface area (Å²) in [6, 6.07) is 15.9. The summed E-state index contributed by atoms with van der Waals surface area (Å²) in [5.41, 5.74) is 4.56. The van der Waals surface area contributed by atoms with Crippen molar-refractivity contribution in [2.45, 2.75) is 39.5 Å². The second-order valence-corrected chi connectivity index (χ2v) is 6.09. The lowest BCUT2D eigenvalue weighted by atomic mass is 9.99. The van der Waals surface area contributed by atoms with E-state index in [1.54, 1.807) is 0 Å². The number of anilines is 1. The maximum Gasteiger partial charge on any atom is 0.276 e. The van der Waals surface area contributed by atoms with Gasteiger partial charge in [0.1, 0.15) is 0 Å². The molecule has 124 valence electrons. The average Bonchev–Trinajstić information content (AvgIpc) is 2.72. The first-order chi connectivity index (χ1) is 11.6. The number of benzodiazepines with no additional fused rings is 1. The smallest absolute Gasteiger partial charge is 0.276 e. The number of amides is 1. The van der Waals surface area contributed by atoms with E-state index in [-0.39, 0.29) is 12.0 Å². The Kier molecular flexibility index (Phi) is 4.76. The predicted molar refractivity (Wildman–Crippen MR) is 96.5 cm³/mol. The Hall–Kier alpha value is -2.46. The van der Waals surface area contributed by atoms with Gasteiger partial charge in [-0.2, -0.15) is 0 Å². The molecule has 3 rings (SSSR count). The molecule has 0 aliphatic carbocycles. The molecule has 2 aromatic carbocycles. The van der Waals surface area contributed by atoms with Crippen LogP contribution in [-0.4, -0.2) is 24.0 Å². The Bertz CT molecular complexity index is 768. The summed E-state index contributed by atoms with van der Waals surface area (Å²) in [6.45, 7) is 6.01. The first-order valence-corrected chi connectivity index (χ1v) is 8.29. The van der Waals surface area contributed by atoms with Crippen LogP contribution in [0.25, 0.3) is 0 Å². The molecule has 1 aliphatic rings. The van der Waals surface area contributed by atoms with Gasteiger partial charge in [-0.3, -0.25) is 4.79 Å². The van der Waals surface area contributed by atoms with E-state index in [9.17, 15) is 4.79 Å². The molecule has 0 radical (unpaired) electrons. The summed E-state index contributed by atoms with van der Waals surface area (Å²) in [4.78, 5) is 17.2. The Morgan fingerprint density at radius 2 is 1.96 bits per heavy atom. The van der Waals surface area contributed by atoms with Crippen molar-refractivity contribution in [2.75, 3.05) is 5.32 Å². The molecular weight excluding hydrogens is 300 g/mol. The molecule has 2 atom stereocenters. The van der Waals surface area contributed by atoms with E-state index in [1.165, 1.54) is 0 Å². The van der Waals surface area contributed by atoms with E-state index in [0.29, 0.717) is 0 Å². The van der Waals surface area contributed by atoms with Crippen LogP contribution in [-0.2, 0) is 9.53 Å². The van der Waals surface area contributed by atoms with Gasteiger partial charge in [0.25, 0.3) is 5.91 Å². The number of fused-ring (bicyclic) bond motifs is 1. The highest BCUT2D eigenvalue weighted by molar-refractivity contribution is 6.19. The molecule has 1 heterocycles. The third-order valence-electron chi connectivity index (χ3n) is 4.14. The number of nitrogens with zero attached hydrogens (tertiary/aromatic N) is 1. The number of hydrogen-bond acceptors (Lipinski definition) is 3. The van der Waals surface area contributed by atoms with Crippen molar-refractivity contribution in [2.24, 2.45) is 4.99 Å². The van der Waals surface area contributed by atoms with Crippen LogP contribution >= 0.6 is 0 Å². The quantitative estimate of drug-likeness (QED) is 0.927. The number of ether oxygens (including phenoxy) is 1. The van der Waals surface area contributed by atoms with Gasteiger partial charge < -0.3 is 10.1 Å². The second-order valence-electron chi connectivity index (χ2n) is 6.09. The highest BCUT2D eigenvalue weighted by Gasteiger charge is 2.27. The van der Waals surface area contributed by atoms with Gasteiger partial charge in [0.2, 0.25) is 6.23 Å². The van der Waals surface area contributed by atoms with Gasteiger partial charge in [-0.15, -0.1) is 0 Å². The number of nitrogens with one attached hydrogen (secondary N) is 1. The number of carbonyl (C=O) groups is 1. The van der Waals surface area contributed by atoms with Gasteiger partial charge in [0.15, 0.2) is 0 Å². The molecule has 1 aliphatic heterocycles. The van der Waals surface area contributed by atoms with Crippen molar-refractivity contribution in [3.05, 3.63) is 65.2 Å². The standard InChI is InChI=1S/C20H22N2O2/c1-4-14(3)24-20-19(23)21-17-11-10-13(2)12-16(17)18(22-20)15-8-6-5-7-9-15/h5-12,14,20H,4H2,1-3H3,(H,21,23)/t14-,20-/m0/s1. The lowest BCUT2D eigenvalue weighted by Crippen LogP contribution is -2.31. The molecule has 1 amide bonds. The number of aliphatic imine (C=N–C) groups is 1. The van der Waals surface area contributed by atoms with Gasteiger partial charge in [-0.05, 0) is 32.4 Å². The van der Waals surface area contributed by atoms with Crippen molar-refractivity contribution in [3.63, 3.8) is 0 Å². The average molecular weight is 322 g/mol. The van der Waals surface area contributed by atoms with Gasteiger partial charge in [0.05, 0.1) is 17.5 Å². The topological polar surface area (TPSA) is 50.7 Å². The largest absolute Gasteiger partial charge is 0.345 e. The first-order valence-electron chi connectivity index (χ1n) is 8.29. The molecule has 0 saturated heterocycles. The summed E-state index contributed by atoms with van der Waals surface area (Å²) in [7, 11) is 0. The predicted octanol–water partition coefficient (Wildman–Crippen LogP) is 3.93. The van der Waals surface area contributed by atoms with Crippen molar-refractivity contribution in [3.8, 4) is 0 Å². The van der Waals surface area contributed by atoms with E-state index in [1.807, 2.05) is 69.3 Å². The number of rotatable bonds is 4. The minimum atomic E-state index is -0.845. The molecule has 2 aromatic rings. The lowest BCUT2D eigenvalue weighted by molar-refractivity contribution is -0.130. The fraction of sp³-hybridized carbons (Fsp3) is 0.300. The van der Waals surface area contributed by atoms with E-state index < -0.39 is 6.23 Å². The molecule has 24 heavy (non-hydrogen) atoms. The van der Waals surface area contributed by atoms with Crippen LogP contribution in [0.1, 0.15) is 37.0 Å². The molecule has 0 bridgehead atoms. The lowest BCUT2D eigenvalue weighted by Gasteiger charge is -2.16. The zero-order valence-electron chi connectivity index (χ0n) is 14.2. The van der Waals surface area contributed by atoms with Crippen molar-refractivity contribution < 1.29 is 9.53 Å². The maximum atomic E-state index is 12.5. The summed E-state index contributed by atoms with van der Waals surface area (Å²) in [6.07, 6.45) is -0.0567. The third kappa shape index (κ3) is 3.39. The Morgan fingerprint density at radius 1 is 1.21 bits per heavy atom. The molecule has 0 fully saturated rings. The summed E-state index contributed by atoms with van der Waals surface area (Å²) < 4.78 is 5.85. The minimum absolute atomic E-state index is 0.0375. The van der Waals surface area contributed by atoms with Crippen LogP contribution in [0.4, 0.5) is 5.69 Å². The Balaban J connectivity index is 2.12. The molecule has 4 nitrogen and oxygen atoms in total. The van der Waals surface area contributed by atoms with Crippen LogP contribution < -0.4 is 5.32 Å². The third-order valence-corrected chi connectivity index (χ3v) is 4.14. The molecule has 0 saturated carbocycles.